The summed E-state index contributed by atoms with van der Waals surface area (Å²) >= 11 is 1.66. The third-order valence-electron chi connectivity index (χ3n) is 4.69. The lowest BCUT2D eigenvalue weighted by atomic mass is 10.0. The van der Waals surface area contributed by atoms with Crippen LogP contribution in [0.25, 0.3) is 22.2 Å². The summed E-state index contributed by atoms with van der Waals surface area (Å²) in [6, 6.07) is 11.3. The molecule has 6 heteroatoms. The van der Waals surface area contributed by atoms with E-state index in [0.717, 1.165) is 21.8 Å². The Balaban J connectivity index is 1.80. The van der Waals surface area contributed by atoms with Crippen molar-refractivity contribution < 1.29 is 9.18 Å². The minimum absolute atomic E-state index is 0.0408. The van der Waals surface area contributed by atoms with E-state index in [2.05, 4.69) is 9.55 Å². The van der Waals surface area contributed by atoms with E-state index >= 15 is 0 Å². The van der Waals surface area contributed by atoms with E-state index in [4.69, 9.17) is 0 Å². The van der Waals surface area contributed by atoms with E-state index in [1.807, 2.05) is 36.6 Å². The maximum absolute atomic E-state index is 14.6. The third-order valence-corrected chi connectivity index (χ3v) is 5.43. The van der Waals surface area contributed by atoms with Gasteiger partial charge < -0.3 is 9.47 Å². The van der Waals surface area contributed by atoms with Crippen LogP contribution in [0.3, 0.4) is 0 Å². The lowest BCUT2D eigenvalue weighted by Gasteiger charge is -2.26. The molecule has 0 atom stereocenters. The van der Waals surface area contributed by atoms with Gasteiger partial charge in [0.25, 0.3) is 0 Å². The fourth-order valence-corrected chi connectivity index (χ4v) is 3.71. The lowest BCUT2D eigenvalue weighted by molar-refractivity contribution is -0.130. The lowest BCUT2D eigenvalue weighted by Crippen LogP contribution is -2.36. The molecule has 3 aromatic rings. The van der Waals surface area contributed by atoms with Crippen LogP contribution >= 0.6 is 11.8 Å². The van der Waals surface area contributed by atoms with Crippen LogP contribution in [-0.4, -0.2) is 33.2 Å². The summed E-state index contributed by atoms with van der Waals surface area (Å²) < 4.78 is 16.7. The number of thioether (sulfide) groups is 1. The second kappa shape index (κ2) is 6.19. The van der Waals surface area contributed by atoms with Crippen molar-refractivity contribution in [3.8, 4) is 11.1 Å². The van der Waals surface area contributed by atoms with Gasteiger partial charge in [-0.15, -0.1) is 11.8 Å². The number of rotatable bonds is 2. The molecule has 0 aliphatic carbocycles. The molecule has 2 aromatic carbocycles. The van der Waals surface area contributed by atoms with Crippen molar-refractivity contribution in [2.45, 2.75) is 24.9 Å². The molecule has 1 aliphatic rings. The van der Waals surface area contributed by atoms with Crippen LogP contribution in [-0.2, 0) is 17.9 Å². The Kier molecular flexibility index (Phi) is 4.00. The number of carbonyl (C=O) groups excluding carboxylic acids is 1. The smallest absolute Gasteiger partial charge is 0.219 e. The molecule has 0 unspecified atom stereocenters. The fourth-order valence-electron chi connectivity index (χ4n) is 3.30. The normalized spacial score (nSPS) is 14.0. The van der Waals surface area contributed by atoms with Gasteiger partial charge in [0.1, 0.15) is 11.6 Å². The Labute approximate surface area is 149 Å². The number of hydrogen-bond acceptors (Lipinski definition) is 3. The van der Waals surface area contributed by atoms with E-state index in [1.165, 1.54) is 6.07 Å². The largest absolute Gasteiger partial charge is 0.334 e. The molecule has 1 amide bonds. The Bertz CT molecular complexity index is 965. The molecular weight excluding hydrogens is 337 g/mol. The SMILES string of the molecule is CSc1ccc(-c2cc3c(cc2F)nc2n3CCN(C(C)=O)C2)cc1. The average Bonchev–Trinajstić information content (AvgIpc) is 2.97. The predicted molar refractivity (Wildman–Crippen MR) is 98.0 cm³/mol. The highest BCUT2D eigenvalue weighted by atomic mass is 32.2. The number of imidazole rings is 1. The van der Waals surface area contributed by atoms with Crippen LogP contribution in [0.5, 0.6) is 0 Å². The Morgan fingerprint density at radius 2 is 1.96 bits per heavy atom. The second-order valence-corrected chi connectivity index (χ2v) is 7.05. The molecule has 4 rings (SSSR count). The van der Waals surface area contributed by atoms with Crippen LogP contribution in [0.15, 0.2) is 41.3 Å². The number of benzene rings is 2. The first-order valence-electron chi connectivity index (χ1n) is 8.15. The van der Waals surface area contributed by atoms with Crippen LogP contribution in [0.4, 0.5) is 4.39 Å². The minimum atomic E-state index is -0.275. The molecule has 4 nitrogen and oxygen atoms in total. The van der Waals surface area contributed by atoms with Gasteiger partial charge in [0.2, 0.25) is 5.91 Å². The molecule has 25 heavy (non-hydrogen) atoms. The number of fused-ring (bicyclic) bond motifs is 3. The van der Waals surface area contributed by atoms with Gasteiger partial charge in [-0.25, -0.2) is 9.37 Å². The summed E-state index contributed by atoms with van der Waals surface area (Å²) in [5.74, 6) is 0.577. The molecule has 0 spiro atoms. The maximum Gasteiger partial charge on any atom is 0.219 e. The van der Waals surface area contributed by atoms with Gasteiger partial charge in [0.05, 0.1) is 17.6 Å². The molecule has 1 aliphatic heterocycles. The molecule has 2 heterocycles. The molecule has 0 bridgehead atoms. The highest BCUT2D eigenvalue weighted by Gasteiger charge is 2.22. The second-order valence-electron chi connectivity index (χ2n) is 6.17. The van der Waals surface area contributed by atoms with Gasteiger partial charge in [-0.05, 0) is 30.0 Å². The van der Waals surface area contributed by atoms with E-state index in [1.54, 1.807) is 23.6 Å². The van der Waals surface area contributed by atoms with Gasteiger partial charge >= 0.3 is 0 Å². The number of hydrogen-bond donors (Lipinski definition) is 0. The van der Waals surface area contributed by atoms with Gasteiger partial charge in [-0.3, -0.25) is 4.79 Å². The van der Waals surface area contributed by atoms with Crippen molar-refractivity contribution >= 4 is 28.7 Å². The fraction of sp³-hybridized carbons (Fsp3) is 0.263. The number of amides is 1. The first kappa shape index (κ1) is 16.1. The number of aromatic nitrogens is 2. The van der Waals surface area contributed by atoms with Gasteiger partial charge in [0, 0.05) is 36.5 Å². The Hall–Kier alpha value is -2.34. The molecule has 128 valence electrons. The molecule has 0 fully saturated rings. The van der Waals surface area contributed by atoms with Crippen molar-refractivity contribution in [3.05, 3.63) is 48.0 Å². The van der Waals surface area contributed by atoms with Crippen molar-refractivity contribution in [2.24, 2.45) is 0 Å². The molecule has 0 radical (unpaired) electrons. The van der Waals surface area contributed by atoms with Gasteiger partial charge in [-0.2, -0.15) is 0 Å². The Morgan fingerprint density at radius 1 is 1.20 bits per heavy atom. The van der Waals surface area contributed by atoms with Crippen LogP contribution < -0.4 is 0 Å². The molecule has 0 saturated carbocycles. The summed E-state index contributed by atoms with van der Waals surface area (Å²) in [7, 11) is 0. The Morgan fingerprint density at radius 3 is 2.64 bits per heavy atom. The minimum Gasteiger partial charge on any atom is -0.334 e. The van der Waals surface area contributed by atoms with Crippen LogP contribution in [0, 0.1) is 5.82 Å². The maximum atomic E-state index is 14.6. The van der Waals surface area contributed by atoms with Crippen molar-refractivity contribution in [3.63, 3.8) is 0 Å². The average molecular weight is 355 g/mol. The summed E-state index contributed by atoms with van der Waals surface area (Å²) in [5, 5.41) is 0. The van der Waals surface area contributed by atoms with Crippen LogP contribution in [0.1, 0.15) is 12.7 Å². The molecule has 1 aromatic heterocycles. The quantitative estimate of drug-likeness (QED) is 0.654. The van der Waals surface area contributed by atoms with E-state index < -0.39 is 0 Å². The highest BCUT2D eigenvalue weighted by molar-refractivity contribution is 7.98. The van der Waals surface area contributed by atoms with Gasteiger partial charge in [-0.1, -0.05) is 12.1 Å². The van der Waals surface area contributed by atoms with Crippen molar-refractivity contribution in [1.82, 2.24) is 14.5 Å². The van der Waals surface area contributed by atoms with Crippen molar-refractivity contribution in [1.29, 1.82) is 0 Å². The van der Waals surface area contributed by atoms with E-state index in [0.29, 0.717) is 30.7 Å². The number of halogens is 1. The zero-order valence-corrected chi connectivity index (χ0v) is 14.9. The van der Waals surface area contributed by atoms with E-state index in [9.17, 15) is 9.18 Å². The molecular formula is C19H18FN3OS. The zero-order chi connectivity index (χ0) is 17.6. The number of carbonyl (C=O) groups is 1. The highest BCUT2D eigenvalue weighted by Crippen LogP contribution is 2.30. The van der Waals surface area contributed by atoms with E-state index in [-0.39, 0.29) is 11.7 Å². The zero-order valence-electron chi connectivity index (χ0n) is 14.1. The standard InChI is InChI=1S/C19H18FN3OS/c1-12(24)22-7-8-23-18-9-15(13-3-5-14(25-2)6-4-13)16(20)10-17(18)21-19(23)11-22/h3-6,9-10H,7-8,11H2,1-2H3. The summed E-state index contributed by atoms with van der Waals surface area (Å²) in [5.41, 5.74) is 3.00. The molecule has 0 saturated heterocycles. The first-order valence-corrected chi connectivity index (χ1v) is 9.38. The summed E-state index contributed by atoms with van der Waals surface area (Å²) in [6.07, 6.45) is 2.02. The topological polar surface area (TPSA) is 38.1 Å². The first-order chi connectivity index (χ1) is 12.1. The molecule has 0 N–H and O–H groups in total. The van der Waals surface area contributed by atoms with Gasteiger partial charge in [0.15, 0.2) is 0 Å². The predicted octanol–water partition coefficient (Wildman–Crippen LogP) is 3.93. The number of nitrogens with zero attached hydrogens (tertiary/aromatic N) is 3. The summed E-state index contributed by atoms with van der Waals surface area (Å²) in [4.78, 5) is 19.0. The van der Waals surface area contributed by atoms with Crippen molar-refractivity contribution in [2.75, 3.05) is 12.8 Å². The third kappa shape index (κ3) is 2.80. The monoisotopic (exact) mass is 355 g/mol. The summed E-state index contributed by atoms with van der Waals surface area (Å²) in [6.45, 7) is 3.38. The van der Waals surface area contributed by atoms with Crippen LogP contribution in [0.2, 0.25) is 0 Å².